The van der Waals surface area contributed by atoms with Crippen molar-refractivity contribution < 1.29 is 14.3 Å². The van der Waals surface area contributed by atoms with Crippen LogP contribution >= 0.6 is 0 Å². The smallest absolute Gasteiger partial charge is 0.340 e. The van der Waals surface area contributed by atoms with Crippen molar-refractivity contribution in [3.63, 3.8) is 0 Å². The molecular formula is C16H24N2O3. The van der Waals surface area contributed by atoms with Gasteiger partial charge in [-0.05, 0) is 45.1 Å². The Morgan fingerprint density at radius 2 is 2.10 bits per heavy atom. The lowest BCUT2D eigenvalue weighted by Crippen LogP contribution is -2.39. The Morgan fingerprint density at radius 1 is 1.38 bits per heavy atom. The SMILES string of the molecule is CCOC(=O)c1c(C)[nH]c(C(=O)N2CCC[C@@H](C)C2)c1C. The maximum atomic E-state index is 12.7. The molecule has 1 aliphatic rings. The Bertz CT molecular complexity index is 548. The summed E-state index contributed by atoms with van der Waals surface area (Å²) in [5.74, 6) is 0.149. The number of aromatic nitrogens is 1. The third-order valence-corrected chi connectivity index (χ3v) is 4.08. The molecule has 0 saturated carbocycles. The van der Waals surface area contributed by atoms with Crippen molar-refractivity contribution in [2.45, 2.75) is 40.5 Å². The van der Waals surface area contributed by atoms with E-state index in [0.717, 1.165) is 19.5 Å². The zero-order chi connectivity index (χ0) is 15.6. The minimum Gasteiger partial charge on any atom is -0.462 e. The van der Waals surface area contributed by atoms with Crippen molar-refractivity contribution in [1.82, 2.24) is 9.88 Å². The molecule has 2 heterocycles. The lowest BCUT2D eigenvalue weighted by molar-refractivity contribution is 0.0525. The molecule has 1 N–H and O–H groups in total. The molecule has 0 radical (unpaired) electrons. The van der Waals surface area contributed by atoms with Crippen LogP contribution in [0, 0.1) is 19.8 Å². The number of aromatic amines is 1. The topological polar surface area (TPSA) is 62.4 Å². The molecular weight excluding hydrogens is 268 g/mol. The zero-order valence-corrected chi connectivity index (χ0v) is 13.3. The molecule has 1 aliphatic heterocycles. The van der Waals surface area contributed by atoms with E-state index in [0.29, 0.717) is 35.0 Å². The number of rotatable bonds is 3. The first-order chi connectivity index (χ1) is 9.95. The Kier molecular flexibility index (Phi) is 4.70. The second-order valence-corrected chi connectivity index (χ2v) is 5.84. The van der Waals surface area contributed by atoms with Crippen LogP contribution < -0.4 is 0 Å². The van der Waals surface area contributed by atoms with Crippen molar-refractivity contribution in [1.29, 1.82) is 0 Å². The predicted octanol–water partition coefficient (Wildman–Crippen LogP) is 2.68. The van der Waals surface area contributed by atoms with E-state index in [4.69, 9.17) is 4.74 Å². The van der Waals surface area contributed by atoms with E-state index in [-0.39, 0.29) is 11.9 Å². The van der Waals surface area contributed by atoms with E-state index in [2.05, 4.69) is 11.9 Å². The summed E-state index contributed by atoms with van der Waals surface area (Å²) in [6.07, 6.45) is 2.21. The van der Waals surface area contributed by atoms with Gasteiger partial charge in [0.2, 0.25) is 0 Å². The van der Waals surface area contributed by atoms with Crippen LogP contribution in [-0.4, -0.2) is 41.5 Å². The van der Waals surface area contributed by atoms with Crippen molar-refractivity contribution in [3.05, 3.63) is 22.5 Å². The van der Waals surface area contributed by atoms with Gasteiger partial charge in [0, 0.05) is 18.8 Å². The van der Waals surface area contributed by atoms with Crippen molar-refractivity contribution in [2.75, 3.05) is 19.7 Å². The summed E-state index contributed by atoms with van der Waals surface area (Å²) in [7, 11) is 0. The number of carbonyl (C=O) groups is 2. The number of hydrogen-bond donors (Lipinski definition) is 1. The van der Waals surface area contributed by atoms with Crippen molar-refractivity contribution in [2.24, 2.45) is 5.92 Å². The molecule has 0 bridgehead atoms. The van der Waals surface area contributed by atoms with Crippen LogP contribution in [0.4, 0.5) is 0 Å². The van der Waals surface area contributed by atoms with Gasteiger partial charge < -0.3 is 14.6 Å². The Hall–Kier alpha value is -1.78. The van der Waals surface area contributed by atoms with Crippen molar-refractivity contribution >= 4 is 11.9 Å². The van der Waals surface area contributed by atoms with Crippen LogP contribution in [-0.2, 0) is 4.74 Å². The first-order valence-corrected chi connectivity index (χ1v) is 7.61. The molecule has 2 rings (SSSR count). The van der Waals surface area contributed by atoms with E-state index in [1.807, 2.05) is 4.90 Å². The summed E-state index contributed by atoms with van der Waals surface area (Å²) in [5, 5.41) is 0. The Labute approximate surface area is 125 Å². The van der Waals surface area contributed by atoms with Gasteiger partial charge in [-0.1, -0.05) is 6.92 Å². The highest BCUT2D eigenvalue weighted by molar-refractivity contribution is 6.00. The Balaban J connectivity index is 2.26. The lowest BCUT2D eigenvalue weighted by Gasteiger charge is -2.30. The van der Waals surface area contributed by atoms with Gasteiger partial charge in [-0.25, -0.2) is 4.79 Å². The van der Waals surface area contributed by atoms with Gasteiger partial charge in [-0.15, -0.1) is 0 Å². The van der Waals surface area contributed by atoms with Gasteiger partial charge >= 0.3 is 5.97 Å². The van der Waals surface area contributed by atoms with Crippen LogP contribution in [0.1, 0.15) is 58.8 Å². The number of amides is 1. The van der Waals surface area contributed by atoms with Crippen LogP contribution in [0.15, 0.2) is 0 Å². The first-order valence-electron chi connectivity index (χ1n) is 7.61. The van der Waals surface area contributed by atoms with Gasteiger partial charge in [-0.2, -0.15) is 0 Å². The molecule has 116 valence electrons. The summed E-state index contributed by atoms with van der Waals surface area (Å²) >= 11 is 0. The summed E-state index contributed by atoms with van der Waals surface area (Å²) in [6, 6.07) is 0. The number of ether oxygens (including phenoxy) is 1. The van der Waals surface area contributed by atoms with E-state index in [1.165, 1.54) is 6.42 Å². The molecule has 21 heavy (non-hydrogen) atoms. The number of piperidine rings is 1. The number of carbonyl (C=O) groups excluding carboxylic acids is 2. The molecule has 1 saturated heterocycles. The van der Waals surface area contributed by atoms with Gasteiger partial charge in [0.25, 0.3) is 5.91 Å². The van der Waals surface area contributed by atoms with Crippen LogP contribution in [0.5, 0.6) is 0 Å². The fraction of sp³-hybridized carbons (Fsp3) is 0.625. The van der Waals surface area contributed by atoms with E-state index >= 15 is 0 Å². The molecule has 1 amide bonds. The highest BCUT2D eigenvalue weighted by Crippen LogP contribution is 2.23. The molecule has 0 aromatic carbocycles. The molecule has 0 spiro atoms. The summed E-state index contributed by atoms with van der Waals surface area (Å²) in [4.78, 5) is 29.6. The molecule has 1 fully saturated rings. The molecule has 1 aromatic heterocycles. The number of aryl methyl sites for hydroxylation is 1. The highest BCUT2D eigenvalue weighted by Gasteiger charge is 2.28. The first kappa shape index (κ1) is 15.6. The zero-order valence-electron chi connectivity index (χ0n) is 13.3. The normalized spacial score (nSPS) is 18.7. The van der Waals surface area contributed by atoms with Gasteiger partial charge in [0.15, 0.2) is 0 Å². The summed E-state index contributed by atoms with van der Waals surface area (Å²) in [6.45, 7) is 9.44. The summed E-state index contributed by atoms with van der Waals surface area (Å²) in [5.41, 5.74) is 2.39. The number of esters is 1. The quantitative estimate of drug-likeness (QED) is 0.871. The molecule has 0 aliphatic carbocycles. The highest BCUT2D eigenvalue weighted by atomic mass is 16.5. The number of likely N-dealkylation sites (tertiary alicyclic amines) is 1. The number of H-pyrrole nitrogens is 1. The van der Waals surface area contributed by atoms with Gasteiger partial charge in [-0.3, -0.25) is 4.79 Å². The van der Waals surface area contributed by atoms with Crippen molar-refractivity contribution in [3.8, 4) is 0 Å². The van der Waals surface area contributed by atoms with E-state index in [1.54, 1.807) is 20.8 Å². The van der Waals surface area contributed by atoms with Crippen LogP contribution in [0.3, 0.4) is 0 Å². The number of nitrogens with zero attached hydrogens (tertiary/aromatic N) is 1. The fourth-order valence-corrected chi connectivity index (χ4v) is 3.01. The average molecular weight is 292 g/mol. The van der Waals surface area contributed by atoms with E-state index < -0.39 is 0 Å². The maximum absolute atomic E-state index is 12.7. The number of nitrogens with one attached hydrogen (secondary N) is 1. The molecule has 5 nitrogen and oxygen atoms in total. The lowest BCUT2D eigenvalue weighted by atomic mass is 9.99. The minimum absolute atomic E-state index is 0.0160. The van der Waals surface area contributed by atoms with E-state index in [9.17, 15) is 9.59 Å². The maximum Gasteiger partial charge on any atom is 0.340 e. The monoisotopic (exact) mass is 292 g/mol. The second-order valence-electron chi connectivity index (χ2n) is 5.84. The number of hydrogen-bond acceptors (Lipinski definition) is 3. The molecule has 1 atom stereocenters. The molecule has 0 unspecified atom stereocenters. The van der Waals surface area contributed by atoms with Crippen LogP contribution in [0.25, 0.3) is 0 Å². The standard InChI is InChI=1S/C16H24N2O3/c1-5-21-16(20)13-11(3)14(17-12(13)4)15(19)18-8-6-7-10(2)9-18/h10,17H,5-9H2,1-4H3/t10-/m1/s1. The predicted molar refractivity (Wildman–Crippen MR) is 80.5 cm³/mol. The Morgan fingerprint density at radius 3 is 2.71 bits per heavy atom. The van der Waals surface area contributed by atoms with Gasteiger partial charge in [0.1, 0.15) is 5.69 Å². The fourth-order valence-electron chi connectivity index (χ4n) is 3.01. The average Bonchev–Trinajstić information content (AvgIpc) is 2.73. The third kappa shape index (κ3) is 3.12. The molecule has 5 heteroatoms. The third-order valence-electron chi connectivity index (χ3n) is 4.08. The van der Waals surface area contributed by atoms with Crippen LogP contribution in [0.2, 0.25) is 0 Å². The minimum atomic E-state index is -0.366. The largest absolute Gasteiger partial charge is 0.462 e. The molecule has 1 aromatic rings. The summed E-state index contributed by atoms with van der Waals surface area (Å²) < 4.78 is 5.06. The van der Waals surface area contributed by atoms with Gasteiger partial charge in [0.05, 0.1) is 12.2 Å². The second kappa shape index (κ2) is 6.33.